The number of nitrogen functional groups attached to an aromatic ring is 1. The number of anilines is 1. The average molecular weight is 299 g/mol. The number of benzene rings is 1. The molecular formula is C14H16F3N3O. The molecule has 21 heavy (non-hydrogen) atoms. The molecule has 0 fully saturated rings. The lowest BCUT2D eigenvalue weighted by molar-refractivity contribution is -0.138. The van der Waals surface area contributed by atoms with Crippen LogP contribution in [0, 0.1) is 0 Å². The number of nitrogens with zero attached hydrogens (tertiary/aromatic N) is 2. The Morgan fingerprint density at radius 3 is 2.48 bits per heavy atom. The van der Waals surface area contributed by atoms with Crippen LogP contribution in [0.3, 0.4) is 0 Å². The third-order valence-corrected chi connectivity index (χ3v) is 3.16. The fourth-order valence-electron chi connectivity index (χ4n) is 2.16. The molecule has 7 heteroatoms. The number of halogens is 3. The van der Waals surface area contributed by atoms with E-state index in [-0.39, 0.29) is 23.5 Å². The van der Waals surface area contributed by atoms with Gasteiger partial charge in [0.2, 0.25) is 0 Å². The van der Waals surface area contributed by atoms with E-state index in [0.29, 0.717) is 6.54 Å². The summed E-state index contributed by atoms with van der Waals surface area (Å²) in [5.74, 6) is 0. The molecule has 4 nitrogen and oxygen atoms in total. The van der Waals surface area contributed by atoms with Gasteiger partial charge >= 0.3 is 11.9 Å². The van der Waals surface area contributed by atoms with Crippen LogP contribution < -0.4 is 11.4 Å². The maximum Gasteiger partial charge on any atom is 0.416 e. The molecular weight excluding hydrogens is 283 g/mol. The first-order chi connectivity index (χ1) is 9.82. The fourth-order valence-corrected chi connectivity index (χ4v) is 2.16. The zero-order valence-electron chi connectivity index (χ0n) is 11.5. The SMILES string of the molecule is CCCn1ccn(Cc2ccc(N)cc2C(F)(F)F)c1=O. The molecule has 2 N–H and O–H groups in total. The third kappa shape index (κ3) is 3.29. The van der Waals surface area contributed by atoms with E-state index in [1.54, 1.807) is 6.20 Å². The van der Waals surface area contributed by atoms with Crippen molar-refractivity contribution in [2.24, 2.45) is 0 Å². The van der Waals surface area contributed by atoms with E-state index in [4.69, 9.17) is 5.73 Å². The van der Waals surface area contributed by atoms with E-state index in [1.807, 2.05) is 6.92 Å². The lowest BCUT2D eigenvalue weighted by atomic mass is 10.1. The van der Waals surface area contributed by atoms with Crippen LogP contribution in [0.15, 0.2) is 35.4 Å². The predicted octanol–water partition coefficient (Wildman–Crippen LogP) is 2.71. The second-order valence-electron chi connectivity index (χ2n) is 4.82. The van der Waals surface area contributed by atoms with Crippen molar-refractivity contribution in [3.8, 4) is 0 Å². The molecule has 2 aromatic rings. The Morgan fingerprint density at radius 2 is 1.86 bits per heavy atom. The Morgan fingerprint density at radius 1 is 1.19 bits per heavy atom. The summed E-state index contributed by atoms with van der Waals surface area (Å²) in [7, 11) is 0. The lowest BCUT2D eigenvalue weighted by Gasteiger charge is -2.13. The molecule has 0 radical (unpaired) electrons. The number of hydrogen-bond acceptors (Lipinski definition) is 2. The van der Waals surface area contributed by atoms with Crippen LogP contribution in [0.5, 0.6) is 0 Å². The normalized spacial score (nSPS) is 11.8. The second kappa shape index (κ2) is 5.67. The van der Waals surface area contributed by atoms with E-state index in [9.17, 15) is 18.0 Å². The smallest absolute Gasteiger partial charge is 0.399 e. The zero-order chi connectivity index (χ0) is 15.6. The van der Waals surface area contributed by atoms with Crippen molar-refractivity contribution in [3.63, 3.8) is 0 Å². The molecule has 0 unspecified atom stereocenters. The minimum atomic E-state index is -4.50. The molecule has 0 bridgehead atoms. The summed E-state index contributed by atoms with van der Waals surface area (Å²) in [6.07, 6.45) is -0.648. The van der Waals surface area contributed by atoms with Crippen molar-refractivity contribution in [1.82, 2.24) is 9.13 Å². The van der Waals surface area contributed by atoms with Gasteiger partial charge in [-0.05, 0) is 24.1 Å². The highest BCUT2D eigenvalue weighted by Crippen LogP contribution is 2.33. The van der Waals surface area contributed by atoms with Gasteiger partial charge in [0, 0.05) is 24.6 Å². The summed E-state index contributed by atoms with van der Waals surface area (Å²) < 4.78 is 41.8. The first-order valence-electron chi connectivity index (χ1n) is 6.54. The highest BCUT2D eigenvalue weighted by molar-refractivity contribution is 5.46. The van der Waals surface area contributed by atoms with Crippen molar-refractivity contribution in [1.29, 1.82) is 0 Å². The molecule has 0 aliphatic heterocycles. The van der Waals surface area contributed by atoms with Crippen LogP contribution in [0.2, 0.25) is 0 Å². The Labute approximate surface area is 119 Å². The van der Waals surface area contributed by atoms with Gasteiger partial charge in [0.1, 0.15) is 0 Å². The van der Waals surface area contributed by atoms with Gasteiger partial charge in [-0.15, -0.1) is 0 Å². The lowest BCUT2D eigenvalue weighted by Crippen LogP contribution is -2.25. The highest BCUT2D eigenvalue weighted by atomic mass is 19.4. The Balaban J connectivity index is 2.38. The van der Waals surface area contributed by atoms with Gasteiger partial charge in [-0.3, -0.25) is 9.13 Å². The Hall–Kier alpha value is -2.18. The predicted molar refractivity (Wildman–Crippen MR) is 73.9 cm³/mol. The van der Waals surface area contributed by atoms with E-state index >= 15 is 0 Å². The van der Waals surface area contributed by atoms with Crippen molar-refractivity contribution in [3.05, 3.63) is 52.2 Å². The zero-order valence-corrected chi connectivity index (χ0v) is 11.5. The monoisotopic (exact) mass is 299 g/mol. The van der Waals surface area contributed by atoms with Crippen molar-refractivity contribution < 1.29 is 13.2 Å². The number of rotatable bonds is 4. The molecule has 0 atom stereocenters. The van der Waals surface area contributed by atoms with Crippen LogP contribution in [-0.2, 0) is 19.3 Å². The molecule has 1 aromatic carbocycles. The molecule has 0 aliphatic carbocycles. The van der Waals surface area contributed by atoms with E-state index in [1.165, 1.54) is 27.5 Å². The van der Waals surface area contributed by atoms with Gasteiger partial charge in [0.05, 0.1) is 12.1 Å². The van der Waals surface area contributed by atoms with E-state index in [0.717, 1.165) is 12.5 Å². The number of hydrogen-bond donors (Lipinski definition) is 1. The number of aryl methyl sites for hydroxylation is 1. The summed E-state index contributed by atoms with van der Waals surface area (Å²) >= 11 is 0. The summed E-state index contributed by atoms with van der Waals surface area (Å²) in [6.45, 7) is 2.33. The van der Waals surface area contributed by atoms with Crippen LogP contribution >= 0.6 is 0 Å². The number of alkyl halides is 3. The standard InChI is InChI=1S/C14H16F3N3O/c1-2-5-19-6-7-20(13(19)21)9-10-3-4-11(18)8-12(10)14(15,16)17/h3-4,6-8H,2,5,9,18H2,1H3. The van der Waals surface area contributed by atoms with Gasteiger partial charge in [-0.1, -0.05) is 13.0 Å². The van der Waals surface area contributed by atoms with Crippen molar-refractivity contribution in [2.45, 2.75) is 32.6 Å². The van der Waals surface area contributed by atoms with Gasteiger partial charge in [0.25, 0.3) is 0 Å². The summed E-state index contributed by atoms with van der Waals surface area (Å²) in [5.41, 5.74) is 4.36. The minimum absolute atomic E-state index is 0.0213. The van der Waals surface area contributed by atoms with Crippen LogP contribution in [-0.4, -0.2) is 9.13 Å². The largest absolute Gasteiger partial charge is 0.416 e. The van der Waals surface area contributed by atoms with Gasteiger partial charge in [0.15, 0.2) is 0 Å². The number of imidazole rings is 1. The number of aromatic nitrogens is 2. The Bertz CT molecular complexity index is 686. The summed E-state index contributed by atoms with van der Waals surface area (Å²) in [4.78, 5) is 12.0. The van der Waals surface area contributed by atoms with Crippen LogP contribution in [0.4, 0.5) is 18.9 Å². The third-order valence-electron chi connectivity index (χ3n) is 3.16. The molecule has 1 heterocycles. The molecule has 0 aliphatic rings. The molecule has 0 spiro atoms. The Kier molecular flexibility index (Phi) is 4.11. The molecule has 0 saturated heterocycles. The van der Waals surface area contributed by atoms with Crippen LogP contribution in [0.1, 0.15) is 24.5 Å². The first-order valence-corrected chi connectivity index (χ1v) is 6.54. The van der Waals surface area contributed by atoms with Gasteiger partial charge < -0.3 is 5.73 Å². The number of nitrogens with two attached hydrogens (primary N) is 1. The molecule has 0 amide bonds. The average Bonchev–Trinajstić information content (AvgIpc) is 2.73. The second-order valence-corrected chi connectivity index (χ2v) is 4.82. The maximum atomic E-state index is 13.0. The molecule has 1 aromatic heterocycles. The summed E-state index contributed by atoms with van der Waals surface area (Å²) in [6, 6.07) is 3.60. The molecule has 0 saturated carbocycles. The quantitative estimate of drug-likeness (QED) is 0.883. The van der Waals surface area contributed by atoms with E-state index < -0.39 is 11.7 Å². The van der Waals surface area contributed by atoms with Gasteiger partial charge in [-0.2, -0.15) is 13.2 Å². The summed E-state index contributed by atoms with van der Waals surface area (Å²) in [5, 5.41) is 0. The fraction of sp³-hybridized carbons (Fsp3) is 0.357. The van der Waals surface area contributed by atoms with Crippen LogP contribution in [0.25, 0.3) is 0 Å². The van der Waals surface area contributed by atoms with Gasteiger partial charge in [-0.25, -0.2) is 4.79 Å². The highest BCUT2D eigenvalue weighted by Gasteiger charge is 2.33. The maximum absolute atomic E-state index is 13.0. The molecule has 114 valence electrons. The van der Waals surface area contributed by atoms with Crippen molar-refractivity contribution in [2.75, 3.05) is 5.73 Å². The minimum Gasteiger partial charge on any atom is -0.399 e. The molecule has 2 rings (SSSR count). The van der Waals surface area contributed by atoms with Crippen molar-refractivity contribution >= 4 is 5.69 Å². The van der Waals surface area contributed by atoms with E-state index in [2.05, 4.69) is 0 Å². The first kappa shape index (κ1) is 15.2. The topological polar surface area (TPSA) is 52.9 Å².